The topological polar surface area (TPSA) is 78.1 Å². The predicted octanol–water partition coefficient (Wildman–Crippen LogP) is 2.48. The molecule has 0 unspecified atom stereocenters. The van der Waals surface area contributed by atoms with Gasteiger partial charge in [0.25, 0.3) is 0 Å². The molecule has 0 aliphatic heterocycles. The summed E-state index contributed by atoms with van der Waals surface area (Å²) in [5.41, 5.74) is 6.36. The molecule has 8 heteroatoms. The van der Waals surface area contributed by atoms with E-state index < -0.39 is 8.25 Å². The first kappa shape index (κ1) is 16.7. The van der Waals surface area contributed by atoms with Crippen LogP contribution in [-0.2, 0) is 23.3 Å². The Morgan fingerprint density at radius 2 is 1.17 bits per heavy atom. The van der Waals surface area contributed by atoms with Gasteiger partial charge in [-0.25, -0.2) is 9.05 Å². The van der Waals surface area contributed by atoms with E-state index in [9.17, 15) is 4.57 Å². The average Bonchev–Trinajstić information content (AvgIpc) is 2.29. The maximum absolute atomic E-state index is 11.6. The molecule has 0 aromatic heterocycles. The van der Waals surface area contributed by atoms with Gasteiger partial charge in [0.05, 0.1) is 25.6 Å². The van der Waals surface area contributed by atoms with Crippen LogP contribution in [0.15, 0.2) is 22.9 Å². The quantitative estimate of drug-likeness (QED) is 0.401. The lowest BCUT2D eigenvalue weighted by Gasteiger charge is -2.04. The molecule has 0 aromatic carbocycles. The highest BCUT2D eigenvalue weighted by Gasteiger charge is 2.25. The second kappa shape index (κ2) is 8.74. The molecular formula is C10H20N2O5P+. The van der Waals surface area contributed by atoms with E-state index in [1.54, 1.807) is 27.7 Å². The maximum atomic E-state index is 11.6. The fourth-order valence-corrected chi connectivity index (χ4v) is 1.59. The molecule has 0 saturated heterocycles. The number of hydroxylamine groups is 2. The van der Waals surface area contributed by atoms with Crippen molar-refractivity contribution >= 4 is 8.25 Å². The third kappa shape index (κ3) is 6.44. The minimum Gasteiger partial charge on any atom is -0.280 e. The number of allylic oxidation sites excluding steroid dienone is 4. The highest BCUT2D eigenvalue weighted by atomic mass is 31.1. The van der Waals surface area contributed by atoms with Crippen molar-refractivity contribution in [3.05, 3.63) is 22.9 Å². The molecule has 0 radical (unpaired) electrons. The van der Waals surface area contributed by atoms with Gasteiger partial charge in [0.1, 0.15) is 0 Å². The summed E-state index contributed by atoms with van der Waals surface area (Å²) in [7, 11) is 0.642. The van der Waals surface area contributed by atoms with Gasteiger partial charge in [0, 0.05) is 18.4 Å². The van der Waals surface area contributed by atoms with E-state index in [1.807, 2.05) is 0 Å². The number of nitrogens with one attached hydrogen (secondary N) is 2. The van der Waals surface area contributed by atoms with Crippen LogP contribution >= 0.6 is 8.25 Å². The second-order valence-electron chi connectivity index (χ2n) is 3.38. The molecule has 0 aromatic rings. The SMILES string of the molecule is CONC(C)=C(C)O[P+](=O)OC(C)=C(C)NOC. The van der Waals surface area contributed by atoms with Crippen LogP contribution in [0.4, 0.5) is 0 Å². The van der Waals surface area contributed by atoms with Crippen molar-refractivity contribution in [1.29, 1.82) is 0 Å². The van der Waals surface area contributed by atoms with Crippen molar-refractivity contribution in [2.24, 2.45) is 0 Å². The molecule has 0 fully saturated rings. The normalized spacial score (nSPS) is 14.2. The van der Waals surface area contributed by atoms with Crippen molar-refractivity contribution in [2.75, 3.05) is 14.2 Å². The van der Waals surface area contributed by atoms with Crippen molar-refractivity contribution in [3.8, 4) is 0 Å². The third-order valence-corrected chi connectivity index (χ3v) is 2.84. The summed E-state index contributed by atoms with van der Waals surface area (Å²) >= 11 is 0. The smallest absolute Gasteiger partial charge is 0.280 e. The van der Waals surface area contributed by atoms with Gasteiger partial charge < -0.3 is 0 Å². The van der Waals surface area contributed by atoms with E-state index in [4.69, 9.17) is 18.7 Å². The summed E-state index contributed by atoms with van der Waals surface area (Å²) in [5.74, 6) is 0.839. The third-order valence-electron chi connectivity index (χ3n) is 1.99. The largest absolute Gasteiger partial charge is 0.804 e. The van der Waals surface area contributed by atoms with Gasteiger partial charge in [-0.1, -0.05) is 0 Å². The van der Waals surface area contributed by atoms with Gasteiger partial charge in [-0.15, -0.1) is 0 Å². The summed E-state index contributed by atoms with van der Waals surface area (Å²) in [4.78, 5) is 9.40. The van der Waals surface area contributed by atoms with E-state index in [-0.39, 0.29) is 0 Å². The van der Waals surface area contributed by atoms with E-state index in [1.165, 1.54) is 14.2 Å². The summed E-state index contributed by atoms with van der Waals surface area (Å²) < 4.78 is 21.7. The molecule has 2 N–H and O–H groups in total. The molecule has 0 aliphatic carbocycles. The Kier molecular flexibility index (Phi) is 8.11. The zero-order valence-corrected chi connectivity index (χ0v) is 12.4. The van der Waals surface area contributed by atoms with Crippen LogP contribution in [0, 0.1) is 0 Å². The first-order chi connectivity index (χ1) is 8.42. The Hall–Kier alpha value is -1.30. The lowest BCUT2D eigenvalue weighted by molar-refractivity contribution is 0.112. The van der Waals surface area contributed by atoms with E-state index in [2.05, 4.69) is 11.0 Å². The molecule has 104 valence electrons. The molecule has 7 nitrogen and oxygen atoms in total. The Balaban J connectivity index is 4.44. The van der Waals surface area contributed by atoms with Crippen molar-refractivity contribution in [2.45, 2.75) is 27.7 Å². The van der Waals surface area contributed by atoms with Crippen LogP contribution in [0.1, 0.15) is 27.7 Å². The summed E-state index contributed by atoms with van der Waals surface area (Å²) in [5, 5.41) is 0. The molecular weight excluding hydrogens is 259 g/mol. The molecule has 18 heavy (non-hydrogen) atoms. The Morgan fingerprint density at radius 3 is 1.44 bits per heavy atom. The fourth-order valence-electron chi connectivity index (χ4n) is 0.829. The van der Waals surface area contributed by atoms with Crippen molar-refractivity contribution < 1.29 is 23.3 Å². The van der Waals surface area contributed by atoms with Gasteiger partial charge in [-0.3, -0.25) is 20.6 Å². The molecule has 0 saturated carbocycles. The fraction of sp³-hybridized carbons (Fsp3) is 0.600. The number of hydrogen-bond acceptors (Lipinski definition) is 7. The molecule has 0 spiro atoms. The molecule has 0 amide bonds. The molecule has 0 rings (SSSR count). The highest BCUT2D eigenvalue weighted by Crippen LogP contribution is 2.32. The zero-order valence-electron chi connectivity index (χ0n) is 11.5. The van der Waals surface area contributed by atoms with E-state index in [0.29, 0.717) is 22.9 Å². The minimum atomic E-state index is -2.30. The molecule has 0 heterocycles. The monoisotopic (exact) mass is 279 g/mol. The van der Waals surface area contributed by atoms with Gasteiger partial charge in [-0.05, 0) is 13.8 Å². The van der Waals surface area contributed by atoms with E-state index in [0.717, 1.165) is 0 Å². The maximum Gasteiger partial charge on any atom is 0.804 e. The van der Waals surface area contributed by atoms with Crippen LogP contribution < -0.4 is 11.0 Å². The highest BCUT2D eigenvalue weighted by molar-refractivity contribution is 7.33. The molecule has 0 aliphatic rings. The lowest BCUT2D eigenvalue weighted by Crippen LogP contribution is -2.11. The second-order valence-corrected chi connectivity index (χ2v) is 4.19. The van der Waals surface area contributed by atoms with Crippen LogP contribution in [-0.4, -0.2) is 14.2 Å². The first-order valence-electron chi connectivity index (χ1n) is 5.18. The van der Waals surface area contributed by atoms with Crippen LogP contribution in [0.3, 0.4) is 0 Å². The number of hydrogen-bond donors (Lipinski definition) is 2. The Morgan fingerprint density at radius 1 is 0.833 bits per heavy atom. The van der Waals surface area contributed by atoms with Crippen LogP contribution in [0.25, 0.3) is 0 Å². The Labute approximate surface area is 108 Å². The van der Waals surface area contributed by atoms with Crippen molar-refractivity contribution in [3.63, 3.8) is 0 Å². The van der Waals surface area contributed by atoms with Crippen molar-refractivity contribution in [1.82, 2.24) is 11.0 Å². The van der Waals surface area contributed by atoms with Gasteiger partial charge in [0.15, 0.2) is 11.5 Å². The minimum absolute atomic E-state index is 0.420. The van der Waals surface area contributed by atoms with Crippen LogP contribution in [0.5, 0.6) is 0 Å². The number of rotatable bonds is 8. The van der Waals surface area contributed by atoms with Gasteiger partial charge >= 0.3 is 8.25 Å². The zero-order chi connectivity index (χ0) is 14.1. The van der Waals surface area contributed by atoms with Gasteiger partial charge in [-0.2, -0.15) is 0 Å². The summed E-state index contributed by atoms with van der Waals surface area (Å²) in [6, 6.07) is 0. The Bertz CT molecular complexity index is 322. The van der Waals surface area contributed by atoms with E-state index >= 15 is 0 Å². The summed E-state index contributed by atoms with van der Waals surface area (Å²) in [6.07, 6.45) is 0. The first-order valence-corrected chi connectivity index (χ1v) is 6.28. The standard InChI is InChI=1S/C10H20N2O5P/c1-7(11-14-5)9(3)16-18(13)17-10(4)8(2)12-15-6/h11-12H,1-6H3/q+1. The molecule has 0 atom stereocenters. The van der Waals surface area contributed by atoms with Crippen LogP contribution in [0.2, 0.25) is 0 Å². The predicted molar refractivity (Wildman–Crippen MR) is 66.8 cm³/mol. The lowest BCUT2D eigenvalue weighted by atomic mass is 10.4. The van der Waals surface area contributed by atoms with Gasteiger partial charge in [0.2, 0.25) is 0 Å². The average molecular weight is 279 g/mol. The summed E-state index contributed by atoms with van der Waals surface area (Å²) in [6.45, 7) is 6.75. The molecule has 0 bridgehead atoms.